The average molecular weight is 417 g/mol. The van der Waals surface area contributed by atoms with Gasteiger partial charge in [-0.05, 0) is 54.4 Å². The summed E-state index contributed by atoms with van der Waals surface area (Å²) in [6.07, 6.45) is -0.759. The van der Waals surface area contributed by atoms with Crippen molar-refractivity contribution in [2.45, 2.75) is 19.1 Å². The van der Waals surface area contributed by atoms with Gasteiger partial charge >= 0.3 is 6.09 Å². The lowest BCUT2D eigenvalue weighted by molar-refractivity contribution is 0.122. The summed E-state index contributed by atoms with van der Waals surface area (Å²) in [4.78, 5) is 16.5. The maximum Gasteiger partial charge on any atom is 0.408 e. The van der Waals surface area contributed by atoms with E-state index in [9.17, 15) is 13.6 Å². The zero-order chi connectivity index (χ0) is 20.9. The topological polar surface area (TPSA) is 51.2 Å². The number of alkyl halides is 1. The van der Waals surface area contributed by atoms with Gasteiger partial charge in [0.2, 0.25) is 0 Å². The molecule has 3 aromatic rings. The molecule has 0 aliphatic heterocycles. The third-order valence-electron chi connectivity index (χ3n) is 4.43. The molecule has 1 N–H and O–H groups in total. The summed E-state index contributed by atoms with van der Waals surface area (Å²) >= 11 is 6.12. The van der Waals surface area contributed by atoms with Crippen LogP contribution in [0.1, 0.15) is 18.1 Å². The SMILES string of the molecule is CC(CF)(NC(=O)OCc1ccccc1)c1cc(Cl)nc(-c2ccc(F)cc2)c1. The summed E-state index contributed by atoms with van der Waals surface area (Å²) in [5.74, 6) is -0.382. The van der Waals surface area contributed by atoms with Crippen molar-refractivity contribution < 1.29 is 18.3 Å². The summed E-state index contributed by atoms with van der Waals surface area (Å²) in [5.41, 5.74) is 0.899. The van der Waals surface area contributed by atoms with Gasteiger partial charge in [-0.3, -0.25) is 0 Å². The Balaban J connectivity index is 1.80. The maximum atomic E-state index is 14.0. The zero-order valence-corrected chi connectivity index (χ0v) is 16.4. The summed E-state index contributed by atoms with van der Waals surface area (Å²) in [7, 11) is 0. The standard InChI is InChI=1S/C22H19ClF2N2O2/c1-22(14-24,27-21(28)29-13-15-5-3-2-4-6-15)17-11-19(26-20(23)12-17)16-7-9-18(25)10-8-16/h2-12H,13-14H2,1H3,(H,27,28). The Bertz CT molecular complexity index is 984. The number of nitrogens with zero attached hydrogens (tertiary/aromatic N) is 1. The lowest BCUT2D eigenvalue weighted by atomic mass is 9.93. The van der Waals surface area contributed by atoms with Crippen LogP contribution < -0.4 is 5.32 Å². The van der Waals surface area contributed by atoms with Crippen molar-refractivity contribution in [2.24, 2.45) is 0 Å². The fourth-order valence-corrected chi connectivity index (χ4v) is 2.96. The highest BCUT2D eigenvalue weighted by molar-refractivity contribution is 6.29. The number of ether oxygens (including phenoxy) is 1. The van der Waals surface area contributed by atoms with E-state index in [1.165, 1.54) is 25.1 Å². The van der Waals surface area contributed by atoms with E-state index in [0.717, 1.165) is 5.56 Å². The third-order valence-corrected chi connectivity index (χ3v) is 4.62. The Labute approximate surface area is 172 Å². The number of benzene rings is 2. The maximum absolute atomic E-state index is 14.0. The van der Waals surface area contributed by atoms with Gasteiger partial charge in [-0.25, -0.2) is 18.6 Å². The minimum absolute atomic E-state index is 0.0625. The monoisotopic (exact) mass is 416 g/mol. The van der Waals surface area contributed by atoms with Crippen molar-refractivity contribution in [1.82, 2.24) is 10.3 Å². The molecule has 150 valence electrons. The van der Waals surface area contributed by atoms with E-state index in [1.54, 1.807) is 18.2 Å². The van der Waals surface area contributed by atoms with Crippen LogP contribution in [0.15, 0.2) is 66.7 Å². The predicted octanol–water partition coefficient (Wildman–Crippen LogP) is 5.65. The molecule has 1 atom stereocenters. The second-order valence-electron chi connectivity index (χ2n) is 6.72. The Kier molecular flexibility index (Phi) is 6.44. The van der Waals surface area contributed by atoms with Crippen LogP contribution in [0, 0.1) is 5.82 Å². The molecule has 2 aromatic carbocycles. The summed E-state index contributed by atoms with van der Waals surface area (Å²) < 4.78 is 32.4. The number of hydrogen-bond acceptors (Lipinski definition) is 3. The number of nitrogens with one attached hydrogen (secondary N) is 1. The molecule has 0 saturated heterocycles. The number of hydrogen-bond donors (Lipinski definition) is 1. The number of alkyl carbamates (subject to hydrolysis) is 1. The van der Waals surface area contributed by atoms with E-state index >= 15 is 0 Å². The molecule has 0 saturated carbocycles. The molecule has 0 aliphatic rings. The van der Waals surface area contributed by atoms with Crippen molar-refractivity contribution in [2.75, 3.05) is 6.67 Å². The number of aromatic nitrogens is 1. The smallest absolute Gasteiger partial charge is 0.408 e. The highest BCUT2D eigenvalue weighted by Gasteiger charge is 2.31. The quantitative estimate of drug-likeness (QED) is 0.528. The van der Waals surface area contributed by atoms with Crippen LogP contribution in [0.4, 0.5) is 13.6 Å². The lowest BCUT2D eigenvalue weighted by Gasteiger charge is -2.28. The minimum Gasteiger partial charge on any atom is -0.445 e. The van der Waals surface area contributed by atoms with E-state index in [-0.39, 0.29) is 17.6 Å². The van der Waals surface area contributed by atoms with E-state index < -0.39 is 18.3 Å². The van der Waals surface area contributed by atoms with Crippen LogP contribution in [-0.2, 0) is 16.9 Å². The van der Waals surface area contributed by atoms with Gasteiger partial charge in [0.05, 0.1) is 11.2 Å². The predicted molar refractivity (Wildman–Crippen MR) is 108 cm³/mol. The van der Waals surface area contributed by atoms with Gasteiger partial charge in [0.15, 0.2) is 0 Å². The molecule has 3 rings (SSSR count). The number of halogens is 3. The first-order valence-electron chi connectivity index (χ1n) is 8.88. The Hall–Kier alpha value is -2.99. The Morgan fingerprint density at radius 2 is 1.83 bits per heavy atom. The number of pyridine rings is 1. The van der Waals surface area contributed by atoms with Crippen LogP contribution >= 0.6 is 11.6 Å². The molecule has 29 heavy (non-hydrogen) atoms. The van der Waals surface area contributed by atoms with E-state index in [1.807, 2.05) is 30.3 Å². The van der Waals surface area contributed by atoms with Crippen LogP contribution in [0.3, 0.4) is 0 Å². The minimum atomic E-state index is -1.38. The molecular formula is C22H19ClF2N2O2. The summed E-state index contributed by atoms with van der Waals surface area (Å²) in [5, 5.41) is 2.69. The van der Waals surface area contributed by atoms with Crippen molar-refractivity contribution in [1.29, 1.82) is 0 Å². The number of carbonyl (C=O) groups excluding carboxylic acids is 1. The molecule has 7 heteroatoms. The molecule has 1 amide bonds. The fraction of sp³-hybridized carbons (Fsp3) is 0.182. The molecule has 0 radical (unpaired) electrons. The first kappa shape index (κ1) is 20.7. The highest BCUT2D eigenvalue weighted by Crippen LogP contribution is 2.29. The Morgan fingerprint density at radius 3 is 2.48 bits per heavy atom. The van der Waals surface area contributed by atoms with E-state index in [0.29, 0.717) is 16.8 Å². The van der Waals surface area contributed by atoms with Gasteiger partial charge in [0.1, 0.15) is 24.3 Å². The van der Waals surface area contributed by atoms with Crippen molar-refractivity contribution in [3.05, 3.63) is 88.8 Å². The van der Waals surface area contributed by atoms with E-state index in [4.69, 9.17) is 16.3 Å². The molecule has 1 heterocycles. The van der Waals surface area contributed by atoms with E-state index in [2.05, 4.69) is 10.3 Å². The number of carbonyl (C=O) groups is 1. The second-order valence-corrected chi connectivity index (χ2v) is 7.11. The molecule has 1 unspecified atom stereocenters. The van der Waals surface area contributed by atoms with Gasteiger partial charge in [-0.1, -0.05) is 41.9 Å². The molecule has 4 nitrogen and oxygen atoms in total. The summed E-state index contributed by atoms with van der Waals surface area (Å²) in [6.45, 7) is 0.695. The van der Waals surface area contributed by atoms with Gasteiger partial charge < -0.3 is 10.1 Å². The first-order valence-corrected chi connectivity index (χ1v) is 9.26. The molecular weight excluding hydrogens is 398 g/mol. The molecule has 0 bridgehead atoms. The third kappa shape index (κ3) is 5.29. The average Bonchev–Trinajstić information content (AvgIpc) is 2.73. The van der Waals surface area contributed by atoms with Gasteiger partial charge in [-0.2, -0.15) is 0 Å². The van der Waals surface area contributed by atoms with Gasteiger partial charge in [0, 0.05) is 5.56 Å². The highest BCUT2D eigenvalue weighted by atomic mass is 35.5. The van der Waals surface area contributed by atoms with Crippen LogP contribution in [0.5, 0.6) is 0 Å². The number of amides is 1. The Morgan fingerprint density at radius 1 is 1.14 bits per heavy atom. The van der Waals surface area contributed by atoms with Crippen LogP contribution in [0.25, 0.3) is 11.3 Å². The lowest BCUT2D eigenvalue weighted by Crippen LogP contribution is -2.45. The van der Waals surface area contributed by atoms with Crippen LogP contribution in [0.2, 0.25) is 5.15 Å². The van der Waals surface area contributed by atoms with Gasteiger partial charge in [-0.15, -0.1) is 0 Å². The molecule has 0 aliphatic carbocycles. The van der Waals surface area contributed by atoms with Crippen molar-refractivity contribution in [3.63, 3.8) is 0 Å². The van der Waals surface area contributed by atoms with Crippen molar-refractivity contribution in [3.8, 4) is 11.3 Å². The molecule has 1 aromatic heterocycles. The largest absolute Gasteiger partial charge is 0.445 e. The molecule has 0 spiro atoms. The number of rotatable bonds is 6. The summed E-state index contributed by atoms with van der Waals surface area (Å²) in [6, 6.07) is 17.9. The zero-order valence-electron chi connectivity index (χ0n) is 15.7. The molecule has 0 fully saturated rings. The normalized spacial score (nSPS) is 12.8. The first-order chi connectivity index (χ1) is 13.9. The van der Waals surface area contributed by atoms with Crippen LogP contribution in [-0.4, -0.2) is 17.8 Å². The fourth-order valence-electron chi connectivity index (χ4n) is 2.75. The van der Waals surface area contributed by atoms with Crippen molar-refractivity contribution >= 4 is 17.7 Å². The second kappa shape index (κ2) is 9.01. The van der Waals surface area contributed by atoms with Gasteiger partial charge in [0.25, 0.3) is 0 Å².